The maximum Gasteiger partial charge on any atom is 0.255 e. The van der Waals surface area contributed by atoms with Gasteiger partial charge in [-0.3, -0.25) is 4.79 Å². The maximum atomic E-state index is 12.8. The van der Waals surface area contributed by atoms with Gasteiger partial charge in [0.2, 0.25) is 0 Å². The summed E-state index contributed by atoms with van der Waals surface area (Å²) in [6.45, 7) is 4.79. The molecule has 0 atom stereocenters. The molecule has 0 unspecified atom stereocenters. The van der Waals surface area contributed by atoms with E-state index >= 15 is 0 Å². The minimum atomic E-state index is -0.153. The van der Waals surface area contributed by atoms with E-state index in [9.17, 15) is 4.79 Å². The van der Waals surface area contributed by atoms with Gasteiger partial charge in [0.1, 0.15) is 11.6 Å². The Morgan fingerprint density at radius 3 is 2.58 bits per heavy atom. The van der Waals surface area contributed by atoms with E-state index in [4.69, 9.17) is 4.74 Å². The van der Waals surface area contributed by atoms with Crippen molar-refractivity contribution in [1.29, 1.82) is 0 Å². The van der Waals surface area contributed by atoms with Gasteiger partial charge in [-0.25, -0.2) is 4.98 Å². The summed E-state index contributed by atoms with van der Waals surface area (Å²) >= 11 is 0. The lowest BCUT2D eigenvalue weighted by Crippen LogP contribution is -2.12. The van der Waals surface area contributed by atoms with Crippen LogP contribution in [0.3, 0.4) is 0 Å². The van der Waals surface area contributed by atoms with Crippen molar-refractivity contribution < 1.29 is 9.53 Å². The molecule has 0 spiro atoms. The zero-order valence-corrected chi connectivity index (χ0v) is 18.5. The molecule has 0 aliphatic carbocycles. The number of rotatable bonds is 7. The van der Waals surface area contributed by atoms with E-state index in [0.29, 0.717) is 12.2 Å². The largest absolute Gasteiger partial charge is 0.494 e. The number of aryl methyl sites for hydroxylation is 1. The first-order valence-corrected chi connectivity index (χ1v) is 10.2. The molecule has 4 rings (SSSR count). The fraction of sp³-hybridized carbons (Fsp3) is 0.200. The topological polar surface area (TPSA) is 67.0 Å². The van der Waals surface area contributed by atoms with Crippen LogP contribution in [-0.2, 0) is 0 Å². The molecule has 6 heteroatoms. The first kappa shape index (κ1) is 22.4. The zero-order valence-electron chi connectivity index (χ0n) is 17.6. The number of carbonyl (C=O) groups excluding carboxylic acids is 1. The van der Waals surface area contributed by atoms with Gasteiger partial charge >= 0.3 is 0 Å². The number of hydrogen-bond acceptors (Lipinski definition) is 3. The summed E-state index contributed by atoms with van der Waals surface area (Å²) in [4.78, 5) is 20.7. The van der Waals surface area contributed by atoms with Gasteiger partial charge in [0.05, 0.1) is 17.6 Å². The highest BCUT2D eigenvalue weighted by molar-refractivity contribution is 6.05. The molecule has 4 aromatic rings. The molecule has 0 fully saturated rings. The monoisotopic (exact) mass is 435 g/mol. The Labute approximate surface area is 188 Å². The van der Waals surface area contributed by atoms with Gasteiger partial charge in [-0.2, -0.15) is 0 Å². The summed E-state index contributed by atoms with van der Waals surface area (Å²) in [5, 5.41) is 3.02. The molecule has 1 heterocycles. The molecule has 1 aromatic heterocycles. The number of H-pyrrole nitrogens is 1. The lowest BCUT2D eigenvalue weighted by Gasteiger charge is -2.11. The highest BCUT2D eigenvalue weighted by atomic mass is 35.5. The zero-order chi connectivity index (χ0) is 20.9. The van der Waals surface area contributed by atoms with Crippen molar-refractivity contribution in [2.45, 2.75) is 26.7 Å². The molecule has 2 N–H and O–H groups in total. The predicted octanol–water partition coefficient (Wildman–Crippen LogP) is 6.39. The van der Waals surface area contributed by atoms with Crippen molar-refractivity contribution in [3.05, 3.63) is 77.9 Å². The average molecular weight is 436 g/mol. The van der Waals surface area contributed by atoms with Crippen molar-refractivity contribution in [2.24, 2.45) is 0 Å². The third kappa shape index (κ3) is 5.25. The van der Waals surface area contributed by atoms with Crippen LogP contribution >= 0.6 is 12.4 Å². The minimum absolute atomic E-state index is 0. The fourth-order valence-corrected chi connectivity index (χ4v) is 3.22. The van der Waals surface area contributed by atoms with Crippen molar-refractivity contribution >= 4 is 35.0 Å². The van der Waals surface area contributed by atoms with Crippen LogP contribution in [0.1, 0.15) is 35.7 Å². The van der Waals surface area contributed by atoms with E-state index in [0.717, 1.165) is 52.3 Å². The molecule has 3 aromatic carbocycles. The second kappa shape index (κ2) is 10.1. The maximum absolute atomic E-state index is 12.8. The van der Waals surface area contributed by atoms with E-state index in [2.05, 4.69) is 22.2 Å². The number of aromatic nitrogens is 2. The third-order valence-electron chi connectivity index (χ3n) is 5.03. The quantitative estimate of drug-likeness (QED) is 0.330. The van der Waals surface area contributed by atoms with Crippen LogP contribution in [0.5, 0.6) is 5.75 Å². The summed E-state index contributed by atoms with van der Waals surface area (Å²) < 4.78 is 5.67. The Kier molecular flexibility index (Phi) is 7.32. The van der Waals surface area contributed by atoms with Crippen LogP contribution in [-0.4, -0.2) is 22.5 Å². The molecular formula is C25H26ClN3O2. The Bertz CT molecular complexity index is 1140. The number of imidazole rings is 1. The second-order valence-corrected chi connectivity index (χ2v) is 7.31. The number of carbonyl (C=O) groups is 1. The van der Waals surface area contributed by atoms with Crippen molar-refractivity contribution in [3.63, 3.8) is 0 Å². The van der Waals surface area contributed by atoms with Crippen LogP contribution in [0.2, 0.25) is 0 Å². The summed E-state index contributed by atoms with van der Waals surface area (Å²) in [5.74, 6) is 1.41. The lowest BCUT2D eigenvalue weighted by molar-refractivity contribution is 0.102. The average Bonchev–Trinajstić information content (AvgIpc) is 3.20. The molecule has 0 radical (unpaired) electrons. The Morgan fingerprint density at radius 2 is 1.84 bits per heavy atom. The van der Waals surface area contributed by atoms with Gasteiger partial charge in [-0.15, -0.1) is 12.4 Å². The predicted molar refractivity (Wildman–Crippen MR) is 128 cm³/mol. The van der Waals surface area contributed by atoms with E-state index in [-0.39, 0.29) is 18.3 Å². The number of anilines is 1. The van der Waals surface area contributed by atoms with Crippen LogP contribution in [0.15, 0.2) is 66.7 Å². The highest BCUT2D eigenvalue weighted by Gasteiger charge is 2.11. The number of unbranched alkanes of at least 4 members (excludes halogenated alkanes) is 1. The van der Waals surface area contributed by atoms with E-state index in [1.54, 1.807) is 12.1 Å². The summed E-state index contributed by atoms with van der Waals surface area (Å²) in [5.41, 5.74) is 5.17. The number of para-hydroxylation sites is 2. The molecule has 0 saturated carbocycles. The molecule has 0 saturated heterocycles. The van der Waals surface area contributed by atoms with Gasteiger partial charge in [-0.1, -0.05) is 37.6 Å². The molecular weight excluding hydrogens is 410 g/mol. The summed E-state index contributed by atoms with van der Waals surface area (Å²) in [6, 6.07) is 21.1. The summed E-state index contributed by atoms with van der Waals surface area (Å²) in [6.07, 6.45) is 2.11. The smallest absolute Gasteiger partial charge is 0.255 e. The van der Waals surface area contributed by atoms with Crippen molar-refractivity contribution in [1.82, 2.24) is 9.97 Å². The number of nitrogens with zero attached hydrogens (tertiary/aromatic N) is 1. The molecule has 31 heavy (non-hydrogen) atoms. The molecule has 0 aliphatic heterocycles. The molecule has 0 aliphatic rings. The summed E-state index contributed by atoms with van der Waals surface area (Å²) in [7, 11) is 0. The molecule has 5 nitrogen and oxygen atoms in total. The van der Waals surface area contributed by atoms with Crippen molar-refractivity contribution in [3.8, 4) is 17.1 Å². The highest BCUT2D eigenvalue weighted by Crippen LogP contribution is 2.26. The third-order valence-corrected chi connectivity index (χ3v) is 5.03. The second-order valence-electron chi connectivity index (χ2n) is 7.31. The Morgan fingerprint density at radius 1 is 1.06 bits per heavy atom. The van der Waals surface area contributed by atoms with E-state index in [1.165, 1.54) is 0 Å². The number of nitrogens with one attached hydrogen (secondary N) is 2. The number of aromatic amines is 1. The number of hydrogen-bond donors (Lipinski definition) is 2. The van der Waals surface area contributed by atoms with Crippen LogP contribution in [0, 0.1) is 6.92 Å². The minimum Gasteiger partial charge on any atom is -0.494 e. The van der Waals surface area contributed by atoms with Crippen LogP contribution < -0.4 is 10.1 Å². The van der Waals surface area contributed by atoms with Gasteiger partial charge in [0.15, 0.2) is 0 Å². The lowest BCUT2D eigenvalue weighted by atomic mass is 10.1. The molecule has 160 valence electrons. The van der Waals surface area contributed by atoms with Crippen molar-refractivity contribution in [2.75, 3.05) is 11.9 Å². The Balaban J connectivity index is 0.00000272. The van der Waals surface area contributed by atoms with Gasteiger partial charge in [0, 0.05) is 16.8 Å². The number of ether oxygens (including phenoxy) is 1. The van der Waals surface area contributed by atoms with Crippen LogP contribution in [0.25, 0.3) is 22.4 Å². The molecule has 0 bridgehead atoms. The number of benzene rings is 3. The fourth-order valence-electron chi connectivity index (χ4n) is 3.22. The van der Waals surface area contributed by atoms with Crippen LogP contribution in [0.4, 0.5) is 5.69 Å². The normalized spacial score (nSPS) is 10.5. The van der Waals surface area contributed by atoms with E-state index in [1.807, 2.05) is 61.5 Å². The number of halogens is 1. The SMILES string of the molecule is CCCCOc1ccc(C(=O)Nc2cc(-c3nc4ccccc4[nH]3)ccc2C)cc1.Cl. The molecule has 1 amide bonds. The number of fused-ring (bicyclic) bond motifs is 1. The standard InChI is InChI=1S/C25H25N3O2.ClH/c1-3-4-15-30-20-13-11-18(12-14-20)25(29)28-23-16-19(10-9-17(23)2)24-26-21-7-5-6-8-22(21)27-24;/h5-14,16H,3-4,15H2,1-2H3,(H,26,27)(H,28,29);1H. The van der Waals surface area contributed by atoms with Gasteiger partial charge < -0.3 is 15.0 Å². The Hall–Kier alpha value is -3.31. The first-order chi connectivity index (χ1) is 14.6. The number of amides is 1. The first-order valence-electron chi connectivity index (χ1n) is 10.2. The van der Waals surface area contributed by atoms with E-state index < -0.39 is 0 Å². The van der Waals surface area contributed by atoms with Gasteiger partial charge in [-0.05, 0) is 61.4 Å². The van der Waals surface area contributed by atoms with Gasteiger partial charge in [0.25, 0.3) is 5.91 Å².